The number of hydrogen-bond donors (Lipinski definition) is 0. The summed E-state index contributed by atoms with van der Waals surface area (Å²) in [5, 5.41) is 0. The predicted molar refractivity (Wildman–Crippen MR) is 71.6 cm³/mol. The van der Waals surface area contributed by atoms with Crippen LogP contribution in [-0.2, 0) is 14.3 Å². The first-order valence-corrected chi connectivity index (χ1v) is 7.39. The van der Waals surface area contributed by atoms with E-state index >= 15 is 0 Å². The molecule has 0 atom stereocenters. The normalized spacial score (nSPS) is 10.8. The fourth-order valence-electron chi connectivity index (χ4n) is 1.28. The van der Waals surface area contributed by atoms with E-state index in [1.165, 1.54) is 12.1 Å². The van der Waals surface area contributed by atoms with Crippen molar-refractivity contribution >= 4 is 10.1 Å². The van der Waals surface area contributed by atoms with Gasteiger partial charge in [-0.3, -0.25) is 4.18 Å². The molecule has 1 rings (SSSR count). The number of rotatable bonds is 5. The SMILES string of the molecule is CCCCC#CCOS(=O)(=O)c1ccc(C)cc1. The van der Waals surface area contributed by atoms with Gasteiger partial charge in [-0.1, -0.05) is 37.0 Å². The highest BCUT2D eigenvalue weighted by atomic mass is 32.2. The van der Waals surface area contributed by atoms with Gasteiger partial charge < -0.3 is 0 Å². The molecule has 0 amide bonds. The van der Waals surface area contributed by atoms with Crippen molar-refractivity contribution in [1.82, 2.24) is 0 Å². The van der Waals surface area contributed by atoms with Crippen molar-refractivity contribution in [2.24, 2.45) is 0 Å². The molecule has 1 aromatic carbocycles. The molecule has 0 heterocycles. The summed E-state index contributed by atoms with van der Waals surface area (Å²) in [5.74, 6) is 5.59. The molecule has 0 saturated carbocycles. The van der Waals surface area contributed by atoms with Crippen LogP contribution in [0.1, 0.15) is 31.7 Å². The largest absolute Gasteiger partial charge is 0.297 e. The molecule has 1 aromatic rings. The summed E-state index contributed by atoms with van der Waals surface area (Å²) >= 11 is 0. The lowest BCUT2D eigenvalue weighted by Gasteiger charge is -2.02. The third-order valence-corrected chi connectivity index (χ3v) is 3.65. The maximum atomic E-state index is 11.7. The van der Waals surface area contributed by atoms with Gasteiger partial charge >= 0.3 is 0 Å². The molecule has 0 aromatic heterocycles. The van der Waals surface area contributed by atoms with Gasteiger partial charge in [-0.25, -0.2) is 0 Å². The van der Waals surface area contributed by atoms with Crippen LogP contribution in [0.4, 0.5) is 0 Å². The Morgan fingerprint density at radius 2 is 1.83 bits per heavy atom. The van der Waals surface area contributed by atoms with Crippen LogP contribution >= 0.6 is 0 Å². The quantitative estimate of drug-likeness (QED) is 0.467. The van der Waals surface area contributed by atoms with Crippen LogP contribution in [-0.4, -0.2) is 15.0 Å². The summed E-state index contributed by atoms with van der Waals surface area (Å²) in [6, 6.07) is 6.55. The third kappa shape index (κ3) is 4.91. The Balaban J connectivity index is 2.54. The Morgan fingerprint density at radius 1 is 1.17 bits per heavy atom. The molecule has 18 heavy (non-hydrogen) atoms. The molecule has 0 N–H and O–H groups in total. The van der Waals surface area contributed by atoms with E-state index in [9.17, 15) is 8.42 Å². The third-order valence-electron chi connectivity index (χ3n) is 2.38. The molecular formula is C14H18O3S. The minimum atomic E-state index is -3.67. The van der Waals surface area contributed by atoms with Crippen LogP contribution in [0.5, 0.6) is 0 Å². The lowest BCUT2D eigenvalue weighted by molar-refractivity contribution is 0.363. The second-order valence-electron chi connectivity index (χ2n) is 3.99. The van der Waals surface area contributed by atoms with Crippen molar-refractivity contribution in [1.29, 1.82) is 0 Å². The molecule has 0 fully saturated rings. The van der Waals surface area contributed by atoms with E-state index < -0.39 is 10.1 Å². The Kier molecular flexibility index (Phi) is 5.90. The zero-order valence-electron chi connectivity index (χ0n) is 10.8. The molecule has 98 valence electrons. The number of aryl methyl sites for hydroxylation is 1. The van der Waals surface area contributed by atoms with E-state index in [0.717, 1.165) is 24.8 Å². The molecule has 0 unspecified atom stereocenters. The Morgan fingerprint density at radius 3 is 2.44 bits per heavy atom. The van der Waals surface area contributed by atoms with E-state index in [1.807, 2.05) is 6.92 Å². The molecule has 0 saturated heterocycles. The average molecular weight is 266 g/mol. The van der Waals surface area contributed by atoms with E-state index in [-0.39, 0.29) is 11.5 Å². The van der Waals surface area contributed by atoms with Crippen LogP contribution in [0.25, 0.3) is 0 Å². The first-order valence-electron chi connectivity index (χ1n) is 5.98. The zero-order valence-corrected chi connectivity index (χ0v) is 11.6. The Labute approximate surface area is 109 Å². The summed E-state index contributed by atoms with van der Waals surface area (Å²) in [4.78, 5) is 0.170. The van der Waals surface area contributed by atoms with Gasteiger partial charge in [-0.05, 0) is 25.5 Å². The zero-order chi connectivity index (χ0) is 13.4. The second-order valence-corrected chi connectivity index (χ2v) is 5.60. The van der Waals surface area contributed by atoms with Crippen molar-refractivity contribution < 1.29 is 12.6 Å². The van der Waals surface area contributed by atoms with Gasteiger partial charge in [0.15, 0.2) is 0 Å². The van der Waals surface area contributed by atoms with Gasteiger partial charge in [-0.15, -0.1) is 5.92 Å². The number of benzene rings is 1. The minimum Gasteiger partial charge on any atom is -0.253 e. The van der Waals surface area contributed by atoms with Crippen molar-refractivity contribution in [3.63, 3.8) is 0 Å². The van der Waals surface area contributed by atoms with Crippen LogP contribution in [0.3, 0.4) is 0 Å². The van der Waals surface area contributed by atoms with E-state index in [1.54, 1.807) is 12.1 Å². The molecule has 0 aliphatic heterocycles. The molecule has 3 nitrogen and oxygen atoms in total. The molecule has 0 aliphatic carbocycles. The summed E-state index contributed by atoms with van der Waals surface area (Å²) in [6.07, 6.45) is 2.89. The van der Waals surface area contributed by atoms with E-state index in [2.05, 4.69) is 18.8 Å². The lowest BCUT2D eigenvalue weighted by Crippen LogP contribution is -2.06. The van der Waals surface area contributed by atoms with Gasteiger partial charge in [0.05, 0.1) is 4.90 Å². The van der Waals surface area contributed by atoms with Gasteiger partial charge in [0.2, 0.25) is 0 Å². The summed E-state index contributed by atoms with van der Waals surface area (Å²) in [7, 11) is -3.67. The summed E-state index contributed by atoms with van der Waals surface area (Å²) in [5.41, 5.74) is 1.01. The van der Waals surface area contributed by atoms with Crippen LogP contribution in [0, 0.1) is 18.8 Å². The molecule has 0 aliphatic rings. The van der Waals surface area contributed by atoms with Crippen molar-refractivity contribution in [3.05, 3.63) is 29.8 Å². The number of unbranched alkanes of at least 4 members (excludes halogenated alkanes) is 2. The maximum Gasteiger partial charge on any atom is 0.297 e. The molecule has 0 radical (unpaired) electrons. The Bertz CT molecular complexity index is 518. The van der Waals surface area contributed by atoms with Gasteiger partial charge in [-0.2, -0.15) is 8.42 Å². The van der Waals surface area contributed by atoms with E-state index in [0.29, 0.717) is 0 Å². The molecule has 0 bridgehead atoms. The fourth-order valence-corrected chi connectivity index (χ4v) is 2.10. The smallest absolute Gasteiger partial charge is 0.253 e. The standard InChI is InChI=1S/C14H18O3S/c1-3-4-5-6-7-12-17-18(15,16)14-10-8-13(2)9-11-14/h8-11H,3-5,12H2,1-2H3. The predicted octanol–water partition coefficient (Wildman–Crippen LogP) is 2.89. The Hall–Kier alpha value is -1.31. The molecule has 4 heteroatoms. The summed E-state index contributed by atoms with van der Waals surface area (Å²) in [6.45, 7) is 3.90. The highest BCUT2D eigenvalue weighted by molar-refractivity contribution is 7.86. The average Bonchev–Trinajstić information content (AvgIpc) is 2.34. The second kappa shape index (κ2) is 7.20. The van der Waals surface area contributed by atoms with Crippen molar-refractivity contribution in [2.45, 2.75) is 38.0 Å². The monoisotopic (exact) mass is 266 g/mol. The highest BCUT2D eigenvalue weighted by Gasteiger charge is 2.13. The highest BCUT2D eigenvalue weighted by Crippen LogP contribution is 2.12. The van der Waals surface area contributed by atoms with Crippen molar-refractivity contribution in [2.75, 3.05) is 6.61 Å². The van der Waals surface area contributed by atoms with Crippen LogP contribution in [0.2, 0.25) is 0 Å². The minimum absolute atomic E-state index is 0.0834. The first-order chi connectivity index (χ1) is 8.56. The lowest BCUT2D eigenvalue weighted by atomic mass is 10.2. The van der Waals surface area contributed by atoms with Crippen molar-refractivity contribution in [3.8, 4) is 11.8 Å². The van der Waals surface area contributed by atoms with Gasteiger partial charge in [0.1, 0.15) is 6.61 Å². The van der Waals surface area contributed by atoms with Gasteiger partial charge in [0.25, 0.3) is 10.1 Å². The van der Waals surface area contributed by atoms with Crippen LogP contribution in [0.15, 0.2) is 29.2 Å². The van der Waals surface area contributed by atoms with Crippen LogP contribution < -0.4 is 0 Å². The van der Waals surface area contributed by atoms with Gasteiger partial charge in [0, 0.05) is 6.42 Å². The summed E-state index contributed by atoms with van der Waals surface area (Å²) < 4.78 is 28.3. The first kappa shape index (κ1) is 14.7. The molecule has 0 spiro atoms. The molecular weight excluding hydrogens is 248 g/mol. The maximum absolute atomic E-state index is 11.7. The fraction of sp³-hybridized carbons (Fsp3) is 0.429. The topological polar surface area (TPSA) is 43.4 Å². The van der Waals surface area contributed by atoms with E-state index in [4.69, 9.17) is 4.18 Å². The number of hydrogen-bond acceptors (Lipinski definition) is 3.